The number of benzene rings is 4. The average molecular weight is 1130 g/mol. The number of rotatable bonds is 40. The normalized spacial score (nSPS) is 12.0. The maximum atomic E-state index is 12.7. The highest BCUT2D eigenvalue weighted by Crippen LogP contribution is 2.42. The van der Waals surface area contributed by atoms with E-state index in [4.69, 9.17) is 28.4 Å². The summed E-state index contributed by atoms with van der Waals surface area (Å²) in [5, 5.41) is 20.9. The SMILES string of the molecule is C=C(C)C(=O)OCCOc1c2cc(CCCCCCC)cc1Cc1cc(CCCCCCC)cc(c1OCCOC(=O)C(=C)C)Cc1cc(CCCCCCC)cc(c1OCCO)Cc1cc(CCCCCCC)cc(c1OCCO)C2. The Morgan fingerprint density at radius 2 is 0.573 bits per heavy atom. The third-order valence-corrected chi connectivity index (χ3v) is 15.5. The number of esters is 2. The molecular weight excluding hydrogens is 1020 g/mol. The molecule has 2 N–H and O–H groups in total. The highest BCUT2D eigenvalue weighted by Gasteiger charge is 2.25. The van der Waals surface area contributed by atoms with Gasteiger partial charge in [0.15, 0.2) is 0 Å². The van der Waals surface area contributed by atoms with Gasteiger partial charge < -0.3 is 38.6 Å². The van der Waals surface area contributed by atoms with E-state index in [0.29, 0.717) is 36.8 Å². The lowest BCUT2D eigenvalue weighted by Gasteiger charge is -2.25. The molecule has 1 aliphatic rings. The van der Waals surface area contributed by atoms with Crippen LogP contribution in [-0.2, 0) is 70.4 Å². The predicted molar refractivity (Wildman–Crippen MR) is 335 cm³/mol. The van der Waals surface area contributed by atoms with Crippen LogP contribution in [0.3, 0.4) is 0 Å². The first kappa shape index (κ1) is 67.2. The molecule has 0 amide bonds. The quantitative estimate of drug-likeness (QED) is 0.0222. The third-order valence-electron chi connectivity index (χ3n) is 15.5. The van der Waals surface area contributed by atoms with Crippen LogP contribution >= 0.6 is 0 Å². The first-order chi connectivity index (χ1) is 39.9. The predicted octanol–water partition coefficient (Wildman–Crippen LogP) is 16.2. The van der Waals surface area contributed by atoms with Gasteiger partial charge >= 0.3 is 11.9 Å². The molecule has 0 fully saturated rings. The molecule has 0 radical (unpaired) electrons. The fourth-order valence-corrected chi connectivity index (χ4v) is 11.3. The van der Waals surface area contributed by atoms with Crippen molar-refractivity contribution in [2.45, 2.75) is 221 Å². The molecule has 82 heavy (non-hydrogen) atoms. The summed E-state index contributed by atoms with van der Waals surface area (Å²) in [5.74, 6) is 2.04. The van der Waals surface area contributed by atoms with Gasteiger partial charge in [-0.2, -0.15) is 0 Å². The van der Waals surface area contributed by atoms with E-state index in [1.54, 1.807) is 13.8 Å². The van der Waals surface area contributed by atoms with Gasteiger partial charge in [0.1, 0.15) is 62.6 Å². The van der Waals surface area contributed by atoms with Crippen molar-refractivity contribution in [1.29, 1.82) is 0 Å². The number of aliphatic hydroxyl groups excluding tert-OH is 2. The molecule has 0 heterocycles. The Balaban J connectivity index is 1.89. The number of unbranched alkanes of at least 4 members (excludes halogenated alkanes) is 16. The van der Waals surface area contributed by atoms with Gasteiger partial charge in [0.2, 0.25) is 0 Å². The van der Waals surface area contributed by atoms with Crippen molar-refractivity contribution in [1.82, 2.24) is 0 Å². The number of carbonyl (C=O) groups is 2. The van der Waals surface area contributed by atoms with E-state index in [1.807, 2.05) is 0 Å². The van der Waals surface area contributed by atoms with Crippen LogP contribution in [0, 0.1) is 0 Å². The van der Waals surface area contributed by atoms with Crippen molar-refractivity contribution in [2.75, 3.05) is 52.9 Å². The maximum Gasteiger partial charge on any atom is 0.333 e. The first-order valence-corrected chi connectivity index (χ1v) is 31.9. The summed E-state index contributed by atoms with van der Waals surface area (Å²) >= 11 is 0. The number of ether oxygens (including phenoxy) is 6. The summed E-state index contributed by atoms with van der Waals surface area (Å²) in [5.41, 5.74) is 13.6. The van der Waals surface area contributed by atoms with Gasteiger partial charge in [0.05, 0.1) is 13.2 Å². The Hall–Kier alpha value is -5.58. The standard InChI is InChI=1S/C72H104O10/c1-9-13-17-21-25-29-55-41-59-49-60-42-56(30-26-22-18-14-10-2)44-62(68(60)78-36-34-74)51-64-46-58(32-28-24-20-16-12-4)48-66(70(64)80-38-40-82-72(76)54(7)8)52-65-47-57(31-27-23-19-15-11-3)45-63(50-61(43-55)67(59)77-35-33-73)69(65)79-37-39-81-71(75)53(5)6/h41-48,73-74H,5,7,9-40,49-52H2,1-4,6,8H3. The molecule has 0 atom stereocenters. The highest BCUT2D eigenvalue weighted by molar-refractivity contribution is 5.87. The van der Waals surface area contributed by atoms with Crippen LogP contribution < -0.4 is 18.9 Å². The van der Waals surface area contributed by atoms with Crippen molar-refractivity contribution < 1.29 is 48.2 Å². The molecule has 0 saturated heterocycles. The Labute approximate surface area is 494 Å². The van der Waals surface area contributed by atoms with E-state index in [0.717, 1.165) is 145 Å². The second-order valence-corrected chi connectivity index (χ2v) is 23.0. The van der Waals surface area contributed by atoms with Crippen molar-refractivity contribution in [3.05, 3.63) is 140 Å². The smallest absolute Gasteiger partial charge is 0.333 e. The molecule has 0 aromatic heterocycles. The van der Waals surface area contributed by atoms with Crippen LogP contribution in [0.15, 0.2) is 72.8 Å². The van der Waals surface area contributed by atoms with E-state index in [9.17, 15) is 19.8 Å². The average Bonchev–Trinajstić information content (AvgIpc) is 3.54. The number of fused-ring (bicyclic) bond motifs is 8. The lowest BCUT2D eigenvalue weighted by molar-refractivity contribution is -0.140. The molecule has 5 rings (SSSR count). The summed E-state index contributed by atoms with van der Waals surface area (Å²) < 4.78 is 38.9. The van der Waals surface area contributed by atoms with Gasteiger partial charge in [-0.3, -0.25) is 0 Å². The van der Waals surface area contributed by atoms with E-state index in [1.165, 1.54) is 99.3 Å². The van der Waals surface area contributed by atoms with Crippen LogP contribution in [0.4, 0.5) is 0 Å². The Morgan fingerprint density at radius 1 is 0.354 bits per heavy atom. The van der Waals surface area contributed by atoms with Crippen LogP contribution in [0.5, 0.6) is 23.0 Å². The Morgan fingerprint density at radius 3 is 0.780 bits per heavy atom. The zero-order chi connectivity index (χ0) is 58.9. The lowest BCUT2D eigenvalue weighted by atomic mass is 9.87. The number of aliphatic hydroxyl groups is 2. The summed E-state index contributed by atoms with van der Waals surface area (Å²) in [6, 6.07) is 18.5. The Bertz CT molecular complexity index is 2420. The van der Waals surface area contributed by atoms with Crippen LogP contribution in [-0.4, -0.2) is 75.0 Å². The van der Waals surface area contributed by atoms with Crippen LogP contribution in [0.2, 0.25) is 0 Å². The van der Waals surface area contributed by atoms with Crippen molar-refractivity contribution >= 4 is 11.9 Å². The minimum Gasteiger partial charge on any atom is -0.491 e. The van der Waals surface area contributed by atoms with E-state index < -0.39 is 11.9 Å². The van der Waals surface area contributed by atoms with Crippen LogP contribution in [0.25, 0.3) is 0 Å². The number of carbonyl (C=O) groups excluding carboxylic acids is 2. The molecule has 10 heteroatoms. The summed E-state index contributed by atoms with van der Waals surface area (Å²) in [4.78, 5) is 25.5. The van der Waals surface area contributed by atoms with Crippen molar-refractivity contribution in [3.63, 3.8) is 0 Å². The lowest BCUT2D eigenvalue weighted by Crippen LogP contribution is -2.16. The molecule has 8 bridgehead atoms. The zero-order valence-electron chi connectivity index (χ0n) is 51.6. The molecule has 0 aliphatic heterocycles. The topological polar surface area (TPSA) is 130 Å². The molecule has 0 unspecified atom stereocenters. The van der Waals surface area contributed by atoms with Gasteiger partial charge in [0.25, 0.3) is 0 Å². The van der Waals surface area contributed by atoms with Crippen LogP contribution in [0.1, 0.15) is 237 Å². The van der Waals surface area contributed by atoms with Crippen molar-refractivity contribution in [3.8, 4) is 23.0 Å². The van der Waals surface area contributed by atoms with E-state index >= 15 is 0 Å². The molecule has 0 saturated carbocycles. The fraction of sp³-hybridized carbons (Fsp3) is 0.583. The maximum absolute atomic E-state index is 12.7. The molecule has 452 valence electrons. The van der Waals surface area contributed by atoms with E-state index in [2.05, 4.69) is 89.4 Å². The number of aryl methyl sites for hydroxylation is 4. The Kier molecular flexibility index (Phi) is 31.4. The molecule has 4 aromatic carbocycles. The minimum absolute atomic E-state index is 0.0420. The van der Waals surface area contributed by atoms with Gasteiger partial charge in [-0.15, -0.1) is 0 Å². The third kappa shape index (κ3) is 22.9. The summed E-state index contributed by atoms with van der Waals surface area (Å²) in [7, 11) is 0. The molecule has 4 aromatic rings. The monoisotopic (exact) mass is 1130 g/mol. The van der Waals surface area contributed by atoms with Gasteiger partial charge in [-0.1, -0.05) is 192 Å². The minimum atomic E-state index is -0.461. The van der Waals surface area contributed by atoms with Gasteiger partial charge in [-0.05, 0) is 132 Å². The fourth-order valence-electron chi connectivity index (χ4n) is 11.3. The summed E-state index contributed by atoms with van der Waals surface area (Å²) in [6.45, 7) is 20.2. The molecule has 10 nitrogen and oxygen atoms in total. The number of hydrogen-bond acceptors (Lipinski definition) is 10. The van der Waals surface area contributed by atoms with E-state index in [-0.39, 0.29) is 52.9 Å². The number of hydrogen-bond donors (Lipinski definition) is 2. The second kappa shape index (κ2) is 38.3. The first-order valence-electron chi connectivity index (χ1n) is 31.9. The largest absolute Gasteiger partial charge is 0.491 e. The molecule has 1 aliphatic carbocycles. The molecule has 0 spiro atoms. The van der Waals surface area contributed by atoms with Gasteiger partial charge in [0, 0.05) is 36.8 Å². The zero-order valence-corrected chi connectivity index (χ0v) is 51.6. The summed E-state index contributed by atoms with van der Waals surface area (Å²) in [6.07, 6.45) is 28.6. The second-order valence-electron chi connectivity index (χ2n) is 23.0. The molecular formula is C72H104O10. The van der Waals surface area contributed by atoms with Gasteiger partial charge in [-0.25, -0.2) is 9.59 Å². The highest BCUT2D eigenvalue weighted by atomic mass is 16.6. The van der Waals surface area contributed by atoms with Crippen molar-refractivity contribution in [2.24, 2.45) is 0 Å².